The maximum absolute atomic E-state index is 14.2. The van der Waals surface area contributed by atoms with Gasteiger partial charge < -0.3 is 10.2 Å². The number of aryl methyl sites for hydroxylation is 1. The van der Waals surface area contributed by atoms with Crippen LogP contribution < -0.4 is 5.32 Å². The lowest BCUT2D eigenvalue weighted by atomic mass is 9.81. The maximum atomic E-state index is 14.2. The summed E-state index contributed by atoms with van der Waals surface area (Å²) >= 11 is 1.31. The minimum Gasteiger partial charge on any atom is -0.333 e. The topological polar surface area (TPSA) is 45.2 Å². The third-order valence-corrected chi connectivity index (χ3v) is 7.17. The SMILES string of the molecule is Cc1nc(-c2ccccc2F)sc1C(=O)N1CCC[C@]2(C)NCCCC[C@H]12. The van der Waals surface area contributed by atoms with E-state index in [9.17, 15) is 9.18 Å². The van der Waals surface area contributed by atoms with E-state index < -0.39 is 0 Å². The van der Waals surface area contributed by atoms with E-state index >= 15 is 0 Å². The first-order valence-electron chi connectivity index (χ1n) is 9.78. The molecule has 1 N–H and O–H groups in total. The van der Waals surface area contributed by atoms with E-state index in [1.54, 1.807) is 18.2 Å². The fourth-order valence-corrected chi connectivity index (χ4v) is 5.57. The number of carbonyl (C=O) groups is 1. The number of halogens is 1. The zero-order valence-corrected chi connectivity index (χ0v) is 16.7. The lowest BCUT2D eigenvalue weighted by Gasteiger charge is -2.48. The Morgan fingerprint density at radius 2 is 2.15 bits per heavy atom. The molecule has 0 aliphatic carbocycles. The summed E-state index contributed by atoms with van der Waals surface area (Å²) in [7, 11) is 0. The average Bonchev–Trinajstić information content (AvgIpc) is 2.91. The molecule has 0 radical (unpaired) electrons. The highest BCUT2D eigenvalue weighted by Crippen LogP contribution is 2.36. The Bertz CT molecular complexity index is 852. The number of piperidine rings is 1. The van der Waals surface area contributed by atoms with E-state index in [0.29, 0.717) is 21.1 Å². The quantitative estimate of drug-likeness (QED) is 0.831. The second-order valence-electron chi connectivity index (χ2n) is 7.87. The molecule has 2 aliphatic rings. The normalized spacial score (nSPS) is 25.7. The molecule has 1 aromatic heterocycles. The van der Waals surface area contributed by atoms with Gasteiger partial charge in [-0.3, -0.25) is 4.79 Å². The van der Waals surface area contributed by atoms with Crippen molar-refractivity contribution in [3.8, 4) is 10.6 Å². The van der Waals surface area contributed by atoms with Gasteiger partial charge in [0.15, 0.2) is 0 Å². The van der Waals surface area contributed by atoms with Crippen molar-refractivity contribution in [3.63, 3.8) is 0 Å². The first-order valence-corrected chi connectivity index (χ1v) is 10.6. The van der Waals surface area contributed by atoms with E-state index in [4.69, 9.17) is 0 Å². The summed E-state index contributed by atoms with van der Waals surface area (Å²) in [6.07, 6.45) is 5.44. The van der Waals surface area contributed by atoms with Crippen LogP contribution in [0.3, 0.4) is 0 Å². The van der Waals surface area contributed by atoms with E-state index in [1.165, 1.54) is 17.4 Å². The number of nitrogens with one attached hydrogen (secondary N) is 1. The van der Waals surface area contributed by atoms with Crippen molar-refractivity contribution >= 4 is 17.2 Å². The number of nitrogens with zero attached hydrogens (tertiary/aromatic N) is 2. The van der Waals surface area contributed by atoms with Crippen molar-refractivity contribution in [2.45, 2.75) is 57.5 Å². The average molecular weight is 388 g/mol. The summed E-state index contributed by atoms with van der Waals surface area (Å²) in [4.78, 5) is 20.6. The van der Waals surface area contributed by atoms with E-state index in [-0.39, 0.29) is 23.3 Å². The van der Waals surface area contributed by atoms with Gasteiger partial charge in [-0.1, -0.05) is 18.6 Å². The molecule has 4 rings (SSSR count). The number of hydrogen-bond acceptors (Lipinski definition) is 4. The highest BCUT2D eigenvalue weighted by atomic mass is 32.1. The van der Waals surface area contributed by atoms with Crippen LogP contribution in [0.1, 0.15) is 54.4 Å². The molecule has 2 aromatic rings. The molecule has 2 atom stereocenters. The predicted octanol–water partition coefficient (Wildman–Crippen LogP) is 4.39. The van der Waals surface area contributed by atoms with Crippen LogP contribution in [0, 0.1) is 12.7 Å². The molecule has 0 saturated carbocycles. The van der Waals surface area contributed by atoms with Gasteiger partial charge in [-0.2, -0.15) is 0 Å². The van der Waals surface area contributed by atoms with Crippen LogP contribution in [0.4, 0.5) is 4.39 Å². The molecule has 1 amide bonds. The summed E-state index contributed by atoms with van der Waals surface area (Å²) in [5, 5.41) is 4.27. The van der Waals surface area contributed by atoms with Crippen LogP contribution >= 0.6 is 11.3 Å². The first-order chi connectivity index (χ1) is 13.0. The molecule has 0 unspecified atom stereocenters. The van der Waals surface area contributed by atoms with Crippen LogP contribution in [0.5, 0.6) is 0 Å². The fraction of sp³-hybridized carbons (Fsp3) is 0.524. The molecule has 4 nitrogen and oxygen atoms in total. The van der Waals surface area contributed by atoms with Crippen molar-refractivity contribution < 1.29 is 9.18 Å². The molecule has 0 spiro atoms. The van der Waals surface area contributed by atoms with Crippen molar-refractivity contribution in [3.05, 3.63) is 40.7 Å². The molecule has 6 heteroatoms. The predicted molar refractivity (Wildman–Crippen MR) is 107 cm³/mol. The molecule has 3 heterocycles. The van der Waals surface area contributed by atoms with Crippen molar-refractivity contribution in [2.75, 3.05) is 13.1 Å². The van der Waals surface area contributed by atoms with Crippen LogP contribution in [0.25, 0.3) is 10.6 Å². The largest absolute Gasteiger partial charge is 0.333 e. The molecule has 27 heavy (non-hydrogen) atoms. The third kappa shape index (κ3) is 3.41. The number of likely N-dealkylation sites (tertiary alicyclic amines) is 1. The summed E-state index contributed by atoms with van der Waals surface area (Å²) in [5.74, 6) is -0.254. The maximum Gasteiger partial charge on any atom is 0.266 e. The minimum atomic E-state index is -0.302. The van der Waals surface area contributed by atoms with Gasteiger partial charge in [-0.15, -0.1) is 11.3 Å². The summed E-state index contributed by atoms with van der Waals surface area (Å²) < 4.78 is 14.2. The Kier molecular flexibility index (Phi) is 5.03. The van der Waals surface area contributed by atoms with Gasteiger partial charge in [0.25, 0.3) is 5.91 Å². The van der Waals surface area contributed by atoms with Crippen molar-refractivity contribution in [1.82, 2.24) is 15.2 Å². The van der Waals surface area contributed by atoms with Crippen LogP contribution in [0.2, 0.25) is 0 Å². The Morgan fingerprint density at radius 1 is 1.33 bits per heavy atom. The van der Waals surface area contributed by atoms with Crippen LogP contribution in [-0.2, 0) is 0 Å². The number of thiazole rings is 1. The number of benzene rings is 1. The van der Waals surface area contributed by atoms with Gasteiger partial charge in [-0.05, 0) is 58.2 Å². The number of amides is 1. The second-order valence-corrected chi connectivity index (χ2v) is 8.87. The van der Waals surface area contributed by atoms with Gasteiger partial charge in [0.2, 0.25) is 0 Å². The Morgan fingerprint density at radius 3 is 2.96 bits per heavy atom. The standard InChI is InChI=1S/C21H26FN3OS/c1-14-18(27-19(24-14)15-8-3-4-9-16(15)22)20(26)25-13-7-11-21(2)17(25)10-5-6-12-23-21/h3-4,8-9,17,23H,5-7,10-13H2,1-2H3/t17-,21-/m0/s1. The van der Waals surface area contributed by atoms with Gasteiger partial charge in [0.1, 0.15) is 15.7 Å². The first kappa shape index (κ1) is 18.6. The Balaban J connectivity index is 1.65. The number of fused-ring (bicyclic) bond motifs is 1. The second kappa shape index (κ2) is 7.32. The molecule has 1 aromatic carbocycles. The zero-order valence-electron chi connectivity index (χ0n) is 15.9. The molecule has 0 bridgehead atoms. The highest BCUT2D eigenvalue weighted by Gasteiger charge is 2.43. The van der Waals surface area contributed by atoms with Gasteiger partial charge >= 0.3 is 0 Å². The summed E-state index contributed by atoms with van der Waals surface area (Å²) in [6, 6.07) is 6.82. The van der Waals surface area contributed by atoms with Crippen molar-refractivity contribution in [2.24, 2.45) is 0 Å². The Hall–Kier alpha value is -1.79. The summed E-state index contributed by atoms with van der Waals surface area (Å²) in [6.45, 7) is 5.91. The zero-order chi connectivity index (χ0) is 19.0. The van der Waals surface area contributed by atoms with E-state index in [1.807, 2.05) is 11.8 Å². The smallest absolute Gasteiger partial charge is 0.266 e. The monoisotopic (exact) mass is 387 g/mol. The minimum absolute atomic E-state index is 0.0165. The number of rotatable bonds is 2. The number of carbonyl (C=O) groups excluding carboxylic acids is 1. The molecular formula is C21H26FN3OS. The summed E-state index contributed by atoms with van der Waals surface area (Å²) in [5.41, 5.74) is 1.14. The number of aromatic nitrogens is 1. The van der Waals surface area contributed by atoms with Gasteiger partial charge in [-0.25, -0.2) is 9.37 Å². The van der Waals surface area contributed by atoms with Gasteiger partial charge in [0, 0.05) is 23.7 Å². The highest BCUT2D eigenvalue weighted by molar-refractivity contribution is 7.17. The molecule has 2 aliphatic heterocycles. The van der Waals surface area contributed by atoms with Gasteiger partial charge in [0.05, 0.1) is 5.69 Å². The van der Waals surface area contributed by atoms with Crippen LogP contribution in [-0.4, -0.2) is 40.5 Å². The fourth-order valence-electron chi connectivity index (χ4n) is 4.52. The molecule has 144 valence electrons. The third-order valence-electron chi connectivity index (χ3n) is 6.00. The van der Waals surface area contributed by atoms with E-state index in [0.717, 1.165) is 45.2 Å². The van der Waals surface area contributed by atoms with Crippen LogP contribution in [0.15, 0.2) is 24.3 Å². The molecule has 2 fully saturated rings. The Labute approximate surface area is 163 Å². The molecular weight excluding hydrogens is 361 g/mol. The number of hydrogen-bond donors (Lipinski definition) is 1. The lowest BCUT2D eigenvalue weighted by Crippen LogP contribution is -2.62. The van der Waals surface area contributed by atoms with Crippen molar-refractivity contribution in [1.29, 1.82) is 0 Å². The van der Waals surface area contributed by atoms with E-state index in [2.05, 4.69) is 17.2 Å². The molecule has 2 saturated heterocycles. The lowest BCUT2D eigenvalue weighted by molar-refractivity contribution is 0.0383.